The number of Topliss-reactive ketones (excluding diaryl/α,β-unsaturated/α-hetero) is 1. The highest BCUT2D eigenvalue weighted by Gasteiger charge is 2.10. The molecule has 0 unspecified atom stereocenters. The summed E-state index contributed by atoms with van der Waals surface area (Å²) in [7, 11) is 0. The Morgan fingerprint density at radius 3 is 3.07 bits per heavy atom. The summed E-state index contributed by atoms with van der Waals surface area (Å²) in [6.07, 6.45) is 3.77. The Morgan fingerprint density at radius 2 is 2.50 bits per heavy atom. The van der Waals surface area contributed by atoms with E-state index in [0.717, 1.165) is 9.35 Å². The van der Waals surface area contributed by atoms with E-state index < -0.39 is 0 Å². The average Bonchev–Trinajstić information content (AvgIpc) is 2.59. The smallest absolute Gasteiger partial charge is 0.199 e. The molecule has 0 aliphatic heterocycles. The lowest BCUT2D eigenvalue weighted by molar-refractivity contribution is 0.0809. The van der Waals surface area contributed by atoms with Gasteiger partial charge in [-0.15, -0.1) is 11.3 Å². The van der Waals surface area contributed by atoms with Crippen LogP contribution in [0.2, 0.25) is 0 Å². The second-order valence-electron chi connectivity index (χ2n) is 2.61. The number of carbonyl (C=O) groups is 1. The number of halogens is 1. The van der Waals surface area contributed by atoms with E-state index in [2.05, 4.69) is 15.9 Å². The second kappa shape index (κ2) is 6.11. The highest BCUT2D eigenvalue weighted by molar-refractivity contribution is 9.10. The van der Waals surface area contributed by atoms with Crippen LogP contribution in [-0.2, 0) is 4.74 Å². The van der Waals surface area contributed by atoms with E-state index in [4.69, 9.17) is 4.74 Å². The van der Waals surface area contributed by atoms with Crippen molar-refractivity contribution >= 4 is 33.0 Å². The molecule has 2 nitrogen and oxygen atoms in total. The minimum Gasteiger partial charge on any atom is -0.369 e. The maximum atomic E-state index is 11.5. The fourth-order valence-electron chi connectivity index (χ4n) is 0.874. The van der Waals surface area contributed by atoms with Crippen molar-refractivity contribution in [1.82, 2.24) is 0 Å². The molecule has 1 rings (SSSR count). The van der Waals surface area contributed by atoms with Crippen LogP contribution in [-0.4, -0.2) is 19.0 Å². The van der Waals surface area contributed by atoms with Crippen molar-refractivity contribution in [2.75, 3.05) is 13.2 Å². The Labute approximate surface area is 95.7 Å². The zero-order valence-electron chi connectivity index (χ0n) is 7.83. The van der Waals surface area contributed by atoms with Gasteiger partial charge >= 0.3 is 0 Å². The Morgan fingerprint density at radius 1 is 1.71 bits per heavy atom. The quantitative estimate of drug-likeness (QED) is 0.468. The Kier molecular flexibility index (Phi) is 5.07. The van der Waals surface area contributed by atoms with E-state index in [9.17, 15) is 4.79 Å². The summed E-state index contributed by atoms with van der Waals surface area (Å²) in [5.74, 6) is 0.0244. The van der Waals surface area contributed by atoms with Crippen LogP contribution in [0.4, 0.5) is 0 Å². The molecule has 0 atom stereocenters. The Bertz CT molecular complexity index is 331. The minimum absolute atomic E-state index is 0.0244. The van der Waals surface area contributed by atoms with Gasteiger partial charge in [-0.1, -0.05) is 12.2 Å². The van der Waals surface area contributed by atoms with Gasteiger partial charge in [0.05, 0.1) is 11.5 Å². The molecule has 0 spiro atoms. The number of ether oxygens (including phenoxy) is 1. The molecule has 0 bridgehead atoms. The molecule has 76 valence electrons. The topological polar surface area (TPSA) is 26.3 Å². The maximum absolute atomic E-state index is 11.5. The average molecular weight is 275 g/mol. The van der Waals surface area contributed by atoms with Crippen molar-refractivity contribution in [2.24, 2.45) is 0 Å². The molecule has 4 heteroatoms. The first-order chi connectivity index (χ1) is 6.75. The van der Waals surface area contributed by atoms with Crippen LogP contribution in [0.1, 0.15) is 16.6 Å². The van der Waals surface area contributed by atoms with Crippen molar-refractivity contribution in [3.63, 3.8) is 0 Å². The fraction of sp³-hybridized carbons (Fsp3) is 0.300. The van der Waals surface area contributed by atoms with Crippen molar-refractivity contribution in [1.29, 1.82) is 0 Å². The van der Waals surface area contributed by atoms with Gasteiger partial charge in [-0.3, -0.25) is 4.79 Å². The van der Waals surface area contributed by atoms with Crippen molar-refractivity contribution in [3.05, 3.63) is 32.9 Å². The molecule has 1 heterocycles. The van der Waals surface area contributed by atoms with Crippen molar-refractivity contribution in [2.45, 2.75) is 6.92 Å². The highest BCUT2D eigenvalue weighted by atomic mass is 79.9. The molecule has 0 aliphatic rings. The van der Waals surface area contributed by atoms with Crippen LogP contribution in [0.15, 0.2) is 28.1 Å². The summed E-state index contributed by atoms with van der Waals surface area (Å²) in [6, 6.07) is 1.86. The first-order valence-corrected chi connectivity index (χ1v) is 5.88. The third-order valence-corrected chi connectivity index (χ3v) is 3.43. The normalized spacial score (nSPS) is 11.0. The third-order valence-electron chi connectivity index (χ3n) is 1.55. The minimum atomic E-state index is 0.0244. The zero-order chi connectivity index (χ0) is 10.4. The van der Waals surface area contributed by atoms with Crippen LogP contribution in [0, 0.1) is 0 Å². The van der Waals surface area contributed by atoms with Gasteiger partial charge in [0, 0.05) is 4.47 Å². The summed E-state index contributed by atoms with van der Waals surface area (Å²) >= 11 is 4.74. The molecule has 0 aromatic carbocycles. The SMILES string of the molecule is CC=CCOCC(=O)c1sccc1Br. The summed E-state index contributed by atoms with van der Waals surface area (Å²) in [5.41, 5.74) is 0. The number of carbonyl (C=O) groups excluding carboxylic acids is 1. The van der Waals surface area contributed by atoms with Gasteiger partial charge in [-0.25, -0.2) is 0 Å². The van der Waals surface area contributed by atoms with Gasteiger partial charge in [-0.2, -0.15) is 0 Å². The molecule has 0 radical (unpaired) electrons. The summed E-state index contributed by atoms with van der Waals surface area (Å²) in [6.45, 7) is 2.55. The molecule has 0 saturated carbocycles. The van der Waals surface area contributed by atoms with Crippen molar-refractivity contribution in [3.8, 4) is 0 Å². The van der Waals surface area contributed by atoms with Gasteiger partial charge in [0.1, 0.15) is 6.61 Å². The lowest BCUT2D eigenvalue weighted by Crippen LogP contribution is -2.07. The monoisotopic (exact) mass is 274 g/mol. The molecule has 0 fully saturated rings. The number of rotatable bonds is 5. The molecule has 0 N–H and O–H groups in total. The molecule has 1 aromatic heterocycles. The Balaban J connectivity index is 2.40. The summed E-state index contributed by atoms with van der Waals surface area (Å²) in [5, 5.41) is 1.88. The van der Waals surface area contributed by atoms with Crippen LogP contribution in [0.5, 0.6) is 0 Å². The molecular weight excluding hydrogens is 264 g/mol. The molecule has 0 aliphatic carbocycles. The van der Waals surface area contributed by atoms with Crippen LogP contribution >= 0.6 is 27.3 Å². The molecule has 0 saturated heterocycles. The van der Waals surface area contributed by atoms with Gasteiger partial charge in [0.15, 0.2) is 5.78 Å². The van der Waals surface area contributed by atoms with E-state index in [1.807, 2.05) is 30.5 Å². The number of hydrogen-bond acceptors (Lipinski definition) is 3. The zero-order valence-corrected chi connectivity index (χ0v) is 10.2. The maximum Gasteiger partial charge on any atom is 0.199 e. The van der Waals surface area contributed by atoms with Crippen molar-refractivity contribution < 1.29 is 9.53 Å². The second-order valence-corrected chi connectivity index (χ2v) is 4.38. The fourth-order valence-corrected chi connectivity index (χ4v) is 2.39. The summed E-state index contributed by atoms with van der Waals surface area (Å²) in [4.78, 5) is 12.2. The number of hydrogen-bond donors (Lipinski definition) is 0. The first-order valence-electron chi connectivity index (χ1n) is 4.20. The predicted molar refractivity (Wildman–Crippen MR) is 62.0 cm³/mol. The molecular formula is C10H11BrO2S. The lowest BCUT2D eigenvalue weighted by atomic mass is 10.3. The molecule has 0 amide bonds. The van der Waals surface area contributed by atoms with Crippen LogP contribution < -0.4 is 0 Å². The lowest BCUT2D eigenvalue weighted by Gasteiger charge is -1.99. The molecule has 1 aromatic rings. The number of allylic oxidation sites excluding steroid dienone is 1. The predicted octanol–water partition coefficient (Wildman–Crippen LogP) is 3.29. The first kappa shape index (κ1) is 11.6. The van der Waals surface area contributed by atoms with Gasteiger partial charge in [0.25, 0.3) is 0 Å². The van der Waals surface area contributed by atoms with E-state index >= 15 is 0 Å². The van der Waals surface area contributed by atoms with Crippen LogP contribution in [0.3, 0.4) is 0 Å². The standard InChI is InChI=1S/C10H11BrO2S/c1-2-3-5-13-7-9(12)10-8(11)4-6-14-10/h2-4,6H,5,7H2,1H3. The van der Waals surface area contributed by atoms with Crippen LogP contribution in [0.25, 0.3) is 0 Å². The number of thiophene rings is 1. The summed E-state index contributed by atoms with van der Waals surface area (Å²) < 4.78 is 6.01. The third kappa shape index (κ3) is 3.36. The molecule has 14 heavy (non-hydrogen) atoms. The van der Waals surface area contributed by atoms with Gasteiger partial charge in [-0.05, 0) is 34.3 Å². The van der Waals surface area contributed by atoms with E-state index in [1.165, 1.54) is 11.3 Å². The van der Waals surface area contributed by atoms with E-state index in [-0.39, 0.29) is 12.4 Å². The highest BCUT2D eigenvalue weighted by Crippen LogP contribution is 2.22. The largest absolute Gasteiger partial charge is 0.369 e. The van der Waals surface area contributed by atoms with E-state index in [0.29, 0.717) is 6.61 Å². The van der Waals surface area contributed by atoms with Gasteiger partial charge in [0.2, 0.25) is 0 Å². The van der Waals surface area contributed by atoms with E-state index in [1.54, 1.807) is 0 Å². The Hall–Kier alpha value is -0.450. The number of ketones is 1. The van der Waals surface area contributed by atoms with Gasteiger partial charge < -0.3 is 4.74 Å².